The van der Waals surface area contributed by atoms with Crippen LogP contribution < -0.4 is 10.6 Å². The largest absolute Gasteiger partial charge is 0.417 e. The molecule has 0 radical (unpaired) electrons. The lowest BCUT2D eigenvalue weighted by Gasteiger charge is -2.43. The number of rotatable bonds is 4. The molecule has 0 aromatic heterocycles. The smallest absolute Gasteiger partial charge is 0.393 e. The lowest BCUT2D eigenvalue weighted by Crippen LogP contribution is -2.53. The highest BCUT2D eigenvalue weighted by atomic mass is 19.4. The standard InChI is InChI=1S/C18H23F3N2O2/c19-18(20,21)15-4-2-1-3-14(15)17(25)23-16(12-9-13(24)10-12)11-5-7-22-8-6-11/h1-4,11-13,16,22,24H,5-10H2,(H,23,25)/t12?,13?,16-/m0/s1. The van der Waals surface area contributed by atoms with Gasteiger partial charge < -0.3 is 15.7 Å². The predicted molar refractivity (Wildman–Crippen MR) is 87.0 cm³/mol. The molecule has 1 heterocycles. The number of hydrogen-bond acceptors (Lipinski definition) is 3. The monoisotopic (exact) mass is 356 g/mol. The fourth-order valence-electron chi connectivity index (χ4n) is 3.90. The molecule has 1 aromatic rings. The highest BCUT2D eigenvalue weighted by molar-refractivity contribution is 5.96. The topological polar surface area (TPSA) is 61.4 Å². The van der Waals surface area contributed by atoms with E-state index in [4.69, 9.17) is 0 Å². The molecule has 3 N–H and O–H groups in total. The third-order valence-corrected chi connectivity index (χ3v) is 5.32. The van der Waals surface area contributed by atoms with E-state index in [1.807, 2.05) is 0 Å². The van der Waals surface area contributed by atoms with Crippen LogP contribution >= 0.6 is 0 Å². The SMILES string of the molecule is O=C(N[C@@H](C1CCNCC1)C1CC(O)C1)c1ccccc1C(F)(F)F. The van der Waals surface area contributed by atoms with Crippen LogP contribution in [0.2, 0.25) is 0 Å². The molecular weight excluding hydrogens is 333 g/mol. The summed E-state index contributed by atoms with van der Waals surface area (Å²) in [6.07, 6.45) is -2.00. The summed E-state index contributed by atoms with van der Waals surface area (Å²) in [5, 5.41) is 15.7. The molecule has 2 aliphatic rings. The Morgan fingerprint density at radius 1 is 1.16 bits per heavy atom. The molecule has 25 heavy (non-hydrogen) atoms. The van der Waals surface area contributed by atoms with Crippen LogP contribution in [0.3, 0.4) is 0 Å². The molecule has 0 bridgehead atoms. The Labute approximate surface area is 144 Å². The quantitative estimate of drug-likeness (QED) is 0.777. The first-order valence-corrected chi connectivity index (χ1v) is 8.72. The van der Waals surface area contributed by atoms with Gasteiger partial charge in [-0.1, -0.05) is 12.1 Å². The molecule has 3 rings (SSSR count). The van der Waals surface area contributed by atoms with Crippen LogP contribution in [-0.2, 0) is 6.18 Å². The molecular formula is C18H23F3N2O2. The average molecular weight is 356 g/mol. The van der Waals surface area contributed by atoms with Gasteiger partial charge in [-0.05, 0) is 62.7 Å². The summed E-state index contributed by atoms with van der Waals surface area (Å²) in [5.74, 6) is -0.335. The molecule has 1 aliphatic heterocycles. The van der Waals surface area contributed by atoms with Crippen molar-refractivity contribution in [2.24, 2.45) is 11.8 Å². The Morgan fingerprint density at radius 3 is 2.40 bits per heavy atom. The Morgan fingerprint density at radius 2 is 1.80 bits per heavy atom. The molecule has 0 spiro atoms. The predicted octanol–water partition coefficient (Wildman–Crippen LogP) is 2.57. The van der Waals surface area contributed by atoms with E-state index < -0.39 is 17.6 Å². The number of piperidine rings is 1. The highest BCUT2D eigenvalue weighted by Gasteiger charge is 2.40. The number of aliphatic hydroxyl groups is 1. The summed E-state index contributed by atoms with van der Waals surface area (Å²) in [4.78, 5) is 12.6. The number of benzene rings is 1. The van der Waals surface area contributed by atoms with Crippen molar-refractivity contribution in [3.63, 3.8) is 0 Å². The van der Waals surface area contributed by atoms with Crippen molar-refractivity contribution >= 4 is 5.91 Å². The van der Waals surface area contributed by atoms with E-state index in [0.29, 0.717) is 12.8 Å². The number of carbonyl (C=O) groups is 1. The van der Waals surface area contributed by atoms with Crippen molar-refractivity contribution < 1.29 is 23.1 Å². The third kappa shape index (κ3) is 4.15. The molecule has 1 saturated carbocycles. The first-order valence-electron chi connectivity index (χ1n) is 8.72. The van der Waals surface area contributed by atoms with Gasteiger partial charge in [-0.3, -0.25) is 4.79 Å². The number of carbonyl (C=O) groups excluding carboxylic acids is 1. The summed E-state index contributed by atoms with van der Waals surface area (Å²) in [7, 11) is 0. The van der Waals surface area contributed by atoms with Crippen LogP contribution in [-0.4, -0.2) is 36.2 Å². The van der Waals surface area contributed by atoms with Crippen molar-refractivity contribution in [1.29, 1.82) is 0 Å². The van der Waals surface area contributed by atoms with Crippen LogP contribution in [0.4, 0.5) is 13.2 Å². The first-order chi connectivity index (χ1) is 11.9. The summed E-state index contributed by atoms with van der Waals surface area (Å²) in [6.45, 7) is 1.68. The Balaban J connectivity index is 1.78. The fraction of sp³-hybridized carbons (Fsp3) is 0.611. The normalized spacial score (nSPS) is 25.9. The first kappa shape index (κ1) is 18.2. The second-order valence-corrected chi connectivity index (χ2v) is 7.02. The molecule has 4 nitrogen and oxygen atoms in total. The second-order valence-electron chi connectivity index (χ2n) is 7.02. The second kappa shape index (κ2) is 7.33. The molecule has 0 unspecified atom stereocenters. The summed E-state index contributed by atoms with van der Waals surface area (Å²) in [6, 6.07) is 4.68. The minimum Gasteiger partial charge on any atom is -0.393 e. The Bertz CT molecular complexity index is 609. The zero-order valence-electron chi connectivity index (χ0n) is 13.9. The van der Waals surface area contributed by atoms with E-state index >= 15 is 0 Å². The maximum absolute atomic E-state index is 13.2. The lowest BCUT2D eigenvalue weighted by molar-refractivity contribution is -0.137. The van der Waals surface area contributed by atoms with E-state index in [0.717, 1.165) is 32.0 Å². The van der Waals surface area contributed by atoms with Gasteiger partial charge in [0.1, 0.15) is 0 Å². The molecule has 7 heteroatoms. The van der Waals surface area contributed by atoms with Crippen molar-refractivity contribution in [2.75, 3.05) is 13.1 Å². The molecule has 138 valence electrons. The summed E-state index contributed by atoms with van der Waals surface area (Å²) >= 11 is 0. The van der Waals surface area contributed by atoms with E-state index in [1.54, 1.807) is 0 Å². The minimum absolute atomic E-state index is 0.125. The number of nitrogens with one attached hydrogen (secondary N) is 2. The minimum atomic E-state index is -4.56. The van der Waals surface area contributed by atoms with Gasteiger partial charge in [0.25, 0.3) is 5.91 Å². The maximum atomic E-state index is 13.2. The number of halogens is 3. The highest BCUT2D eigenvalue weighted by Crippen LogP contribution is 2.37. The van der Waals surface area contributed by atoms with Gasteiger partial charge in [0, 0.05) is 6.04 Å². The van der Waals surface area contributed by atoms with Crippen LogP contribution in [0.15, 0.2) is 24.3 Å². The molecule has 1 aromatic carbocycles. The van der Waals surface area contributed by atoms with Gasteiger partial charge in [-0.2, -0.15) is 13.2 Å². The molecule has 2 fully saturated rings. The number of aliphatic hydroxyl groups excluding tert-OH is 1. The lowest BCUT2D eigenvalue weighted by atomic mass is 9.71. The molecule has 1 amide bonds. The molecule has 1 atom stereocenters. The van der Waals surface area contributed by atoms with Crippen molar-refractivity contribution in [3.05, 3.63) is 35.4 Å². The van der Waals surface area contributed by atoms with Gasteiger partial charge in [-0.15, -0.1) is 0 Å². The van der Waals surface area contributed by atoms with E-state index in [9.17, 15) is 23.1 Å². The molecule has 1 aliphatic carbocycles. The Kier molecular flexibility index (Phi) is 5.34. The van der Waals surface area contributed by atoms with E-state index in [-0.39, 0.29) is 29.5 Å². The average Bonchev–Trinajstić information content (AvgIpc) is 2.57. The number of amides is 1. The van der Waals surface area contributed by atoms with Crippen LogP contribution in [0, 0.1) is 11.8 Å². The molecule has 1 saturated heterocycles. The van der Waals surface area contributed by atoms with Crippen molar-refractivity contribution in [2.45, 2.75) is 44.0 Å². The summed E-state index contributed by atoms with van der Waals surface area (Å²) < 4.78 is 39.5. The fourth-order valence-corrected chi connectivity index (χ4v) is 3.90. The van der Waals surface area contributed by atoms with Crippen molar-refractivity contribution in [1.82, 2.24) is 10.6 Å². The van der Waals surface area contributed by atoms with Crippen molar-refractivity contribution in [3.8, 4) is 0 Å². The van der Waals surface area contributed by atoms with Gasteiger partial charge >= 0.3 is 6.18 Å². The van der Waals surface area contributed by atoms with E-state index in [2.05, 4.69) is 10.6 Å². The van der Waals surface area contributed by atoms with Gasteiger partial charge in [0.2, 0.25) is 0 Å². The van der Waals surface area contributed by atoms with Gasteiger partial charge in [0.05, 0.1) is 17.2 Å². The van der Waals surface area contributed by atoms with E-state index in [1.165, 1.54) is 18.2 Å². The van der Waals surface area contributed by atoms with Gasteiger partial charge in [-0.25, -0.2) is 0 Å². The van der Waals surface area contributed by atoms with Crippen LogP contribution in [0.1, 0.15) is 41.6 Å². The number of hydrogen-bond donors (Lipinski definition) is 3. The van der Waals surface area contributed by atoms with Crippen LogP contribution in [0.25, 0.3) is 0 Å². The Hall–Kier alpha value is -1.60. The summed E-state index contributed by atoms with van der Waals surface area (Å²) in [5.41, 5.74) is -1.25. The zero-order chi connectivity index (χ0) is 18.0. The van der Waals surface area contributed by atoms with Crippen LogP contribution in [0.5, 0.6) is 0 Å². The van der Waals surface area contributed by atoms with Gasteiger partial charge in [0.15, 0.2) is 0 Å². The number of alkyl halides is 3. The maximum Gasteiger partial charge on any atom is 0.417 e. The zero-order valence-corrected chi connectivity index (χ0v) is 13.9. The third-order valence-electron chi connectivity index (χ3n) is 5.32.